The van der Waals surface area contributed by atoms with Crippen LogP contribution in [-0.4, -0.2) is 33.3 Å². The Kier molecular flexibility index (Phi) is 7.24. The van der Waals surface area contributed by atoms with Crippen molar-refractivity contribution in [2.75, 3.05) is 18.4 Å². The van der Waals surface area contributed by atoms with Crippen LogP contribution >= 0.6 is 0 Å². The number of hydrogen-bond acceptors (Lipinski definition) is 4. The van der Waals surface area contributed by atoms with E-state index >= 15 is 0 Å². The molecule has 0 aliphatic carbocycles. The number of amides is 2. The highest BCUT2D eigenvalue weighted by atomic mass is 32.2. The number of anilines is 1. The Bertz CT molecular complexity index is 977. The van der Waals surface area contributed by atoms with Crippen molar-refractivity contribution in [3.63, 3.8) is 0 Å². The van der Waals surface area contributed by atoms with Gasteiger partial charge in [-0.15, -0.1) is 0 Å². The number of rotatable bonds is 8. The maximum atomic E-state index is 13.1. The minimum Gasteiger partial charge on any atom is -0.355 e. The lowest BCUT2D eigenvalue weighted by atomic mass is 10.1. The summed E-state index contributed by atoms with van der Waals surface area (Å²) in [6.45, 7) is 3.05. The summed E-state index contributed by atoms with van der Waals surface area (Å²) in [5, 5.41) is 5.12. The summed E-state index contributed by atoms with van der Waals surface area (Å²) in [6.07, 6.45) is 0.00236. The Labute approximate surface area is 163 Å². The first-order chi connectivity index (χ1) is 13.2. The first kappa shape index (κ1) is 21.5. The van der Waals surface area contributed by atoms with Crippen molar-refractivity contribution >= 4 is 27.5 Å². The quantitative estimate of drug-likeness (QED) is 0.580. The third-order valence-electron chi connectivity index (χ3n) is 3.79. The van der Waals surface area contributed by atoms with Crippen LogP contribution in [0.4, 0.5) is 10.1 Å². The number of nitrogens with one attached hydrogen (secondary N) is 3. The first-order valence-electron chi connectivity index (χ1n) is 8.56. The smallest absolute Gasteiger partial charge is 0.240 e. The van der Waals surface area contributed by atoms with Gasteiger partial charge in [0.1, 0.15) is 5.82 Å². The second kappa shape index (κ2) is 9.43. The van der Waals surface area contributed by atoms with Crippen molar-refractivity contribution in [3.05, 3.63) is 59.4 Å². The summed E-state index contributed by atoms with van der Waals surface area (Å²) in [5.41, 5.74) is 1.43. The monoisotopic (exact) mass is 407 g/mol. The number of carbonyl (C=O) groups excluding carboxylic acids is 2. The highest BCUT2D eigenvalue weighted by molar-refractivity contribution is 7.89. The van der Waals surface area contributed by atoms with Gasteiger partial charge in [-0.1, -0.05) is 18.2 Å². The highest BCUT2D eigenvalue weighted by Gasteiger charge is 2.17. The number of benzene rings is 2. The molecule has 150 valence electrons. The molecule has 0 saturated heterocycles. The van der Waals surface area contributed by atoms with Gasteiger partial charge >= 0.3 is 0 Å². The molecule has 0 atom stereocenters. The fraction of sp³-hybridized carbons (Fsp3) is 0.263. The van der Waals surface area contributed by atoms with E-state index in [4.69, 9.17) is 0 Å². The van der Waals surface area contributed by atoms with E-state index in [1.54, 1.807) is 25.1 Å². The summed E-state index contributed by atoms with van der Waals surface area (Å²) in [7, 11) is -3.81. The van der Waals surface area contributed by atoms with Crippen molar-refractivity contribution in [1.29, 1.82) is 0 Å². The third kappa shape index (κ3) is 6.43. The van der Waals surface area contributed by atoms with Crippen molar-refractivity contribution < 1.29 is 22.4 Å². The predicted octanol–water partition coefficient (Wildman–Crippen LogP) is 1.73. The van der Waals surface area contributed by atoms with Gasteiger partial charge in [-0.3, -0.25) is 9.59 Å². The minimum absolute atomic E-state index is 0.00236. The fourth-order valence-electron chi connectivity index (χ4n) is 2.53. The number of carbonyl (C=O) groups is 2. The lowest BCUT2D eigenvalue weighted by Crippen LogP contribution is -2.35. The number of hydrogen-bond donors (Lipinski definition) is 3. The van der Waals surface area contributed by atoms with Crippen molar-refractivity contribution in [3.8, 4) is 0 Å². The van der Waals surface area contributed by atoms with Gasteiger partial charge in [-0.2, -0.15) is 0 Å². The first-order valence-corrected chi connectivity index (χ1v) is 10.0. The number of sulfonamides is 1. The zero-order valence-electron chi connectivity index (χ0n) is 15.6. The van der Waals surface area contributed by atoms with Gasteiger partial charge in [0.2, 0.25) is 21.8 Å². The van der Waals surface area contributed by atoms with Crippen LogP contribution in [0.3, 0.4) is 0 Å². The van der Waals surface area contributed by atoms with E-state index in [0.29, 0.717) is 16.8 Å². The van der Waals surface area contributed by atoms with Crippen LogP contribution in [-0.2, 0) is 26.0 Å². The van der Waals surface area contributed by atoms with Crippen molar-refractivity contribution in [1.82, 2.24) is 10.0 Å². The van der Waals surface area contributed by atoms with Crippen LogP contribution in [0.1, 0.15) is 18.1 Å². The van der Waals surface area contributed by atoms with Gasteiger partial charge in [0.25, 0.3) is 0 Å². The molecule has 0 aliphatic rings. The topological polar surface area (TPSA) is 104 Å². The molecule has 0 spiro atoms. The van der Waals surface area contributed by atoms with E-state index in [2.05, 4.69) is 15.4 Å². The average molecular weight is 407 g/mol. The van der Waals surface area contributed by atoms with Crippen LogP contribution in [0.25, 0.3) is 0 Å². The second-order valence-corrected chi connectivity index (χ2v) is 7.95. The summed E-state index contributed by atoms with van der Waals surface area (Å²) in [5.74, 6) is -1.07. The molecule has 2 aromatic rings. The van der Waals surface area contributed by atoms with E-state index in [0.717, 1.165) is 0 Å². The van der Waals surface area contributed by atoms with Gasteiger partial charge < -0.3 is 10.6 Å². The van der Waals surface area contributed by atoms with Gasteiger partial charge in [0.15, 0.2) is 0 Å². The number of aryl methyl sites for hydroxylation is 1. The normalized spacial score (nSPS) is 11.1. The molecule has 0 aliphatic heterocycles. The molecular formula is C19H22FN3O4S. The molecule has 0 saturated carbocycles. The molecule has 3 N–H and O–H groups in total. The van der Waals surface area contributed by atoms with E-state index < -0.39 is 15.8 Å². The minimum atomic E-state index is -3.81. The van der Waals surface area contributed by atoms with Gasteiger partial charge in [0.05, 0.1) is 11.3 Å². The largest absolute Gasteiger partial charge is 0.355 e. The molecule has 0 bridgehead atoms. The van der Waals surface area contributed by atoms with E-state index in [1.807, 2.05) is 0 Å². The van der Waals surface area contributed by atoms with Crippen molar-refractivity contribution in [2.24, 2.45) is 0 Å². The lowest BCUT2D eigenvalue weighted by molar-refractivity contribution is -0.120. The maximum absolute atomic E-state index is 13.1. The average Bonchev–Trinajstić information content (AvgIpc) is 2.60. The van der Waals surface area contributed by atoms with Gasteiger partial charge in [0, 0.05) is 25.7 Å². The zero-order valence-corrected chi connectivity index (χ0v) is 16.4. The standard InChI is InChI=1S/C19H22FN3O4S/c1-13-6-7-17(23-14(2)24)12-18(13)28(26,27)22-9-8-21-19(25)11-15-4-3-5-16(20)10-15/h3-7,10,12,22H,8-9,11H2,1-2H3,(H,21,25)(H,23,24). The van der Waals surface area contributed by atoms with Crippen LogP contribution < -0.4 is 15.4 Å². The number of halogens is 1. The Hall–Kier alpha value is -2.78. The molecule has 9 heteroatoms. The highest BCUT2D eigenvalue weighted by Crippen LogP contribution is 2.20. The van der Waals surface area contributed by atoms with Crippen LogP contribution in [0, 0.1) is 12.7 Å². The Balaban J connectivity index is 1.89. The summed E-state index contributed by atoms with van der Waals surface area (Å²) < 4.78 is 40.5. The van der Waals surface area contributed by atoms with E-state index in [-0.39, 0.29) is 36.2 Å². The van der Waals surface area contributed by atoms with Gasteiger partial charge in [-0.25, -0.2) is 17.5 Å². The van der Waals surface area contributed by atoms with E-state index in [1.165, 1.54) is 31.2 Å². The molecule has 0 radical (unpaired) electrons. The fourth-order valence-corrected chi connectivity index (χ4v) is 3.83. The predicted molar refractivity (Wildman–Crippen MR) is 104 cm³/mol. The molecule has 0 fully saturated rings. The Morgan fingerprint density at radius 3 is 2.50 bits per heavy atom. The molecule has 28 heavy (non-hydrogen) atoms. The van der Waals surface area contributed by atoms with E-state index in [9.17, 15) is 22.4 Å². The molecule has 0 heterocycles. The van der Waals surface area contributed by atoms with Crippen LogP contribution in [0.5, 0.6) is 0 Å². The van der Waals surface area contributed by atoms with Crippen LogP contribution in [0.2, 0.25) is 0 Å². The second-order valence-electron chi connectivity index (χ2n) is 6.22. The molecule has 7 nitrogen and oxygen atoms in total. The Morgan fingerprint density at radius 1 is 1.07 bits per heavy atom. The van der Waals surface area contributed by atoms with Gasteiger partial charge in [-0.05, 0) is 42.3 Å². The summed E-state index contributed by atoms with van der Waals surface area (Å²) in [4.78, 5) is 23.1. The summed E-state index contributed by atoms with van der Waals surface area (Å²) in [6, 6.07) is 10.3. The maximum Gasteiger partial charge on any atom is 0.240 e. The third-order valence-corrected chi connectivity index (χ3v) is 5.39. The SMILES string of the molecule is CC(=O)Nc1ccc(C)c(S(=O)(=O)NCCNC(=O)Cc2cccc(F)c2)c1. The molecule has 2 amide bonds. The van der Waals surface area contributed by atoms with Crippen LogP contribution in [0.15, 0.2) is 47.4 Å². The van der Waals surface area contributed by atoms with Crippen molar-refractivity contribution in [2.45, 2.75) is 25.2 Å². The molecule has 2 aromatic carbocycles. The zero-order chi connectivity index (χ0) is 20.7. The molecular weight excluding hydrogens is 385 g/mol. The molecule has 2 rings (SSSR count). The Morgan fingerprint density at radius 2 is 1.82 bits per heavy atom. The molecule has 0 aromatic heterocycles. The summed E-state index contributed by atoms with van der Waals surface area (Å²) >= 11 is 0. The molecule has 0 unspecified atom stereocenters. The lowest BCUT2D eigenvalue weighted by Gasteiger charge is -2.12.